The molecule has 0 saturated carbocycles. The maximum atomic E-state index is 12.7. The van der Waals surface area contributed by atoms with Gasteiger partial charge in [0.15, 0.2) is 0 Å². The zero-order chi connectivity index (χ0) is 30.2. The molecule has 0 fully saturated rings. The van der Waals surface area contributed by atoms with Crippen LogP contribution in [0.5, 0.6) is 5.75 Å². The van der Waals surface area contributed by atoms with Gasteiger partial charge in [0.1, 0.15) is 11.3 Å². The molecule has 0 spiro atoms. The summed E-state index contributed by atoms with van der Waals surface area (Å²) in [6, 6.07) is 16.5. The molecule has 0 bridgehead atoms. The third-order valence-electron chi connectivity index (χ3n) is 7.06. The van der Waals surface area contributed by atoms with E-state index in [1.165, 1.54) is 0 Å². The molecule has 0 saturated heterocycles. The van der Waals surface area contributed by atoms with Crippen molar-refractivity contribution in [1.82, 2.24) is 0 Å². The zero-order valence-corrected chi connectivity index (χ0v) is 26.8. The first-order valence-corrected chi connectivity index (χ1v) is 15.3. The van der Waals surface area contributed by atoms with Crippen LogP contribution < -0.4 is 10.4 Å². The minimum absolute atomic E-state index is 0.0184. The summed E-state index contributed by atoms with van der Waals surface area (Å²) in [5, 5.41) is 21.5. The Bertz CT molecular complexity index is 1320. The predicted molar refractivity (Wildman–Crippen MR) is 171 cm³/mol. The molecule has 2 N–H and O–H groups in total. The first-order valence-electron chi connectivity index (χ1n) is 14.2. The summed E-state index contributed by atoms with van der Waals surface area (Å²) in [5.74, 6) is 0.138. The Kier molecular flexibility index (Phi) is 11.8. The second-order valence-corrected chi connectivity index (χ2v) is 15.2. The van der Waals surface area contributed by atoms with Crippen LogP contribution in [0.2, 0.25) is 0 Å². The Labute approximate surface area is 256 Å². The normalized spacial score (nSPS) is 14.4. The van der Waals surface area contributed by atoms with Gasteiger partial charge in [0.05, 0.1) is 36.9 Å². The van der Waals surface area contributed by atoms with E-state index in [0.717, 1.165) is 17.4 Å². The van der Waals surface area contributed by atoms with E-state index in [-0.39, 0.29) is 27.3 Å². The van der Waals surface area contributed by atoms with E-state index in [0.29, 0.717) is 49.2 Å². The monoisotopic (exact) mass is 678 g/mol. The van der Waals surface area contributed by atoms with Crippen molar-refractivity contribution in [3.8, 4) is 16.9 Å². The number of ether oxygens (including phenoxy) is 2. The number of fused-ring (bicyclic) bond motifs is 1. The lowest BCUT2D eigenvalue weighted by molar-refractivity contribution is -0.153. The molecule has 8 heteroatoms. The van der Waals surface area contributed by atoms with Crippen LogP contribution in [0.3, 0.4) is 0 Å². The molecule has 3 unspecified atom stereocenters. The maximum absolute atomic E-state index is 12.7. The maximum Gasteiger partial charge on any atom is 0.344 e. The van der Waals surface area contributed by atoms with Crippen molar-refractivity contribution in [2.24, 2.45) is 11.3 Å². The molecule has 0 aliphatic carbocycles. The van der Waals surface area contributed by atoms with Gasteiger partial charge in [0, 0.05) is 14.9 Å². The summed E-state index contributed by atoms with van der Waals surface area (Å²) in [6.45, 7) is 10.9. The minimum atomic E-state index is -0.908. The van der Waals surface area contributed by atoms with Gasteiger partial charge >= 0.3 is 11.6 Å². The molecule has 3 rings (SSSR count). The number of halogens is 1. The molecule has 7 nitrogen and oxygen atoms in total. The van der Waals surface area contributed by atoms with Crippen molar-refractivity contribution in [3.63, 3.8) is 0 Å². The van der Waals surface area contributed by atoms with Crippen LogP contribution >= 0.6 is 22.6 Å². The molecule has 0 radical (unpaired) electrons. The number of aliphatic hydroxyl groups excluding tert-OH is 2. The van der Waals surface area contributed by atoms with Gasteiger partial charge in [-0.3, -0.25) is 4.79 Å². The lowest BCUT2D eigenvalue weighted by Gasteiger charge is -2.33. The van der Waals surface area contributed by atoms with Gasteiger partial charge in [-0.25, -0.2) is 4.79 Å². The van der Waals surface area contributed by atoms with Crippen molar-refractivity contribution < 1.29 is 28.9 Å². The fourth-order valence-corrected chi connectivity index (χ4v) is 5.10. The number of hydrogen-bond donors (Lipinski definition) is 2. The highest BCUT2D eigenvalue weighted by Gasteiger charge is 2.36. The fourth-order valence-electron chi connectivity index (χ4n) is 4.66. The van der Waals surface area contributed by atoms with Crippen molar-refractivity contribution >= 4 is 39.5 Å². The van der Waals surface area contributed by atoms with Crippen LogP contribution in [-0.4, -0.2) is 45.0 Å². The van der Waals surface area contributed by atoms with Crippen LogP contribution in [0.15, 0.2) is 63.8 Å². The third-order valence-corrected chi connectivity index (χ3v) is 7.50. The summed E-state index contributed by atoms with van der Waals surface area (Å²) < 4.78 is 16.9. The quantitative estimate of drug-likeness (QED) is 0.0627. The number of carbonyl (C=O) groups is 1. The SMILES string of the molecule is CC(C)(I)CC(C(=O)OCCCC(O)C(O)CCCOc1ccc2cc(-c3ccccc3)c(=O)oc2c1)C(C)(C)C. The van der Waals surface area contributed by atoms with E-state index in [1.807, 2.05) is 69.3 Å². The molecule has 224 valence electrons. The average Bonchev–Trinajstić information content (AvgIpc) is 2.90. The third kappa shape index (κ3) is 10.4. The van der Waals surface area contributed by atoms with Crippen molar-refractivity contribution in [2.45, 2.75) is 82.4 Å². The van der Waals surface area contributed by atoms with Crippen LogP contribution in [0.25, 0.3) is 22.1 Å². The number of esters is 1. The Morgan fingerprint density at radius 3 is 2.17 bits per heavy atom. The Morgan fingerprint density at radius 2 is 1.56 bits per heavy atom. The molecule has 1 heterocycles. The summed E-state index contributed by atoms with van der Waals surface area (Å²) in [7, 11) is 0. The molecule has 2 aromatic carbocycles. The molecule has 3 aromatic rings. The predicted octanol–water partition coefficient (Wildman–Crippen LogP) is 6.93. The van der Waals surface area contributed by atoms with Gasteiger partial charge in [0.2, 0.25) is 0 Å². The number of hydrogen-bond acceptors (Lipinski definition) is 7. The first kappa shape index (κ1) is 33.1. The van der Waals surface area contributed by atoms with E-state index in [2.05, 4.69) is 36.4 Å². The lowest BCUT2D eigenvalue weighted by atomic mass is 9.76. The Balaban J connectivity index is 1.40. The highest BCUT2D eigenvalue weighted by Crippen LogP contribution is 2.37. The van der Waals surface area contributed by atoms with Gasteiger partial charge in [0.25, 0.3) is 0 Å². The highest BCUT2D eigenvalue weighted by molar-refractivity contribution is 14.1. The Morgan fingerprint density at radius 1 is 0.927 bits per heavy atom. The number of carbonyl (C=O) groups excluding carboxylic acids is 1. The molecule has 3 atom stereocenters. The topological polar surface area (TPSA) is 106 Å². The van der Waals surface area contributed by atoms with Gasteiger partial charge in [-0.1, -0.05) is 87.5 Å². The zero-order valence-electron chi connectivity index (χ0n) is 24.7. The van der Waals surface area contributed by atoms with Crippen LogP contribution in [0.4, 0.5) is 0 Å². The first-order chi connectivity index (χ1) is 19.2. The van der Waals surface area contributed by atoms with E-state index in [9.17, 15) is 19.8 Å². The molecule has 0 amide bonds. The standard InChI is InChI=1S/C33H43IO7/c1-32(2,3)26(21-33(4,5)34)31(38)40-18-10-14-28(36)27(35)13-9-17-39-24-16-15-23-19-25(22-11-7-6-8-12-22)30(37)41-29(23)20-24/h6-8,11-12,15-16,19-20,26-28,35-36H,9-10,13-14,17-18,21H2,1-5H3. The fraction of sp³-hybridized carbons (Fsp3) is 0.515. The number of benzene rings is 2. The van der Waals surface area contributed by atoms with E-state index in [1.54, 1.807) is 6.07 Å². The second-order valence-electron chi connectivity index (χ2n) is 12.3. The molecule has 1 aromatic heterocycles. The number of rotatable bonds is 14. The summed E-state index contributed by atoms with van der Waals surface area (Å²) >= 11 is 2.36. The van der Waals surface area contributed by atoms with Crippen LogP contribution in [0.1, 0.15) is 66.7 Å². The van der Waals surface area contributed by atoms with E-state index in [4.69, 9.17) is 13.9 Å². The van der Waals surface area contributed by atoms with Gasteiger partial charge in [-0.2, -0.15) is 0 Å². The molecule has 0 aliphatic heterocycles. The van der Waals surface area contributed by atoms with E-state index < -0.39 is 17.8 Å². The van der Waals surface area contributed by atoms with Crippen LogP contribution in [-0.2, 0) is 9.53 Å². The Hall–Kier alpha value is -2.43. The molecule has 41 heavy (non-hydrogen) atoms. The average molecular weight is 679 g/mol. The highest BCUT2D eigenvalue weighted by atomic mass is 127. The molecular weight excluding hydrogens is 635 g/mol. The summed E-state index contributed by atoms with van der Waals surface area (Å²) in [6.07, 6.45) is 0.614. The second kappa shape index (κ2) is 14.6. The van der Waals surface area contributed by atoms with Gasteiger partial charge in [-0.05, 0) is 61.3 Å². The van der Waals surface area contributed by atoms with E-state index >= 15 is 0 Å². The van der Waals surface area contributed by atoms with Crippen LogP contribution in [0, 0.1) is 11.3 Å². The molecular formula is C33H43IO7. The molecule has 0 aliphatic rings. The smallest absolute Gasteiger partial charge is 0.344 e. The number of alkyl halides is 1. The van der Waals surface area contributed by atoms with Gasteiger partial charge < -0.3 is 24.1 Å². The summed E-state index contributed by atoms with van der Waals surface area (Å²) in [5.41, 5.74) is 1.13. The van der Waals surface area contributed by atoms with Gasteiger partial charge in [-0.15, -0.1) is 0 Å². The van der Waals surface area contributed by atoms with Crippen molar-refractivity contribution in [1.29, 1.82) is 0 Å². The van der Waals surface area contributed by atoms with Crippen molar-refractivity contribution in [2.75, 3.05) is 13.2 Å². The number of aliphatic hydroxyl groups is 2. The minimum Gasteiger partial charge on any atom is -0.493 e. The largest absolute Gasteiger partial charge is 0.493 e. The summed E-state index contributed by atoms with van der Waals surface area (Å²) in [4.78, 5) is 25.2. The lowest BCUT2D eigenvalue weighted by Crippen LogP contribution is -2.35. The van der Waals surface area contributed by atoms with Crippen molar-refractivity contribution in [3.05, 3.63) is 65.0 Å².